The maximum Gasteiger partial charge on any atom is 0.323 e. The molecule has 0 aliphatic carbocycles. The van der Waals surface area contributed by atoms with E-state index in [1.165, 1.54) is 38.5 Å². The first-order valence-electron chi connectivity index (χ1n) is 7.04. The lowest BCUT2D eigenvalue weighted by Crippen LogP contribution is -2.37. The molecule has 0 atom stereocenters. The summed E-state index contributed by atoms with van der Waals surface area (Å²) in [7, 11) is 0. The first kappa shape index (κ1) is 17.5. The minimum atomic E-state index is -1.02. The molecule has 2 rings (SSSR count). The number of aromatic nitrogens is 2. The molecule has 9 heteroatoms. The van der Waals surface area contributed by atoms with Gasteiger partial charge in [-0.1, -0.05) is 6.92 Å². The van der Waals surface area contributed by atoms with Crippen molar-refractivity contribution in [3.8, 4) is 0 Å². The normalized spacial score (nSPS) is 10.8. The molecule has 2 heterocycles. The lowest BCUT2D eigenvalue weighted by molar-refractivity contribution is -0.143. The number of thiazole rings is 1. The molecule has 0 bridgehead atoms. The fourth-order valence-electron chi connectivity index (χ4n) is 2.02. The second-order valence-corrected chi connectivity index (χ2v) is 6.70. The van der Waals surface area contributed by atoms with E-state index in [1.807, 2.05) is 6.92 Å². The van der Waals surface area contributed by atoms with Crippen LogP contribution in [0.15, 0.2) is 22.4 Å². The van der Waals surface area contributed by atoms with Crippen LogP contribution in [0.25, 0.3) is 4.96 Å². The van der Waals surface area contributed by atoms with Gasteiger partial charge in [0.25, 0.3) is 5.56 Å². The smallest absolute Gasteiger partial charge is 0.323 e. The number of carboxylic acids is 1. The molecular formula is C14H17N3O4S2. The Morgan fingerprint density at radius 2 is 2.26 bits per heavy atom. The van der Waals surface area contributed by atoms with Crippen molar-refractivity contribution in [1.82, 2.24) is 14.3 Å². The minimum Gasteiger partial charge on any atom is -0.480 e. The number of hydrogen-bond acceptors (Lipinski definition) is 6. The van der Waals surface area contributed by atoms with Gasteiger partial charge < -0.3 is 10.0 Å². The highest BCUT2D eigenvalue weighted by Crippen LogP contribution is 2.13. The van der Waals surface area contributed by atoms with Gasteiger partial charge in [-0.3, -0.25) is 18.8 Å². The van der Waals surface area contributed by atoms with Crippen LogP contribution in [0.5, 0.6) is 0 Å². The molecule has 1 N–H and O–H groups in total. The molecule has 0 radical (unpaired) electrons. The van der Waals surface area contributed by atoms with E-state index in [4.69, 9.17) is 5.11 Å². The van der Waals surface area contributed by atoms with Gasteiger partial charge in [-0.25, -0.2) is 4.98 Å². The summed E-state index contributed by atoms with van der Waals surface area (Å²) < 4.78 is 1.47. The van der Waals surface area contributed by atoms with E-state index >= 15 is 0 Å². The Bertz CT molecular complexity index is 756. The van der Waals surface area contributed by atoms with Crippen LogP contribution in [-0.2, 0) is 15.3 Å². The zero-order chi connectivity index (χ0) is 16.8. The summed E-state index contributed by atoms with van der Waals surface area (Å²) >= 11 is 2.70. The molecule has 124 valence electrons. The van der Waals surface area contributed by atoms with Crippen molar-refractivity contribution in [3.05, 3.63) is 33.7 Å². The summed E-state index contributed by atoms with van der Waals surface area (Å²) in [6.45, 7) is 2.03. The molecule has 0 aliphatic rings. The van der Waals surface area contributed by atoms with E-state index in [1.54, 1.807) is 11.6 Å². The maximum atomic E-state index is 12.1. The van der Waals surface area contributed by atoms with E-state index in [0.29, 0.717) is 29.4 Å². The summed E-state index contributed by atoms with van der Waals surface area (Å²) in [6.07, 6.45) is 2.38. The summed E-state index contributed by atoms with van der Waals surface area (Å²) in [4.78, 5) is 41.0. The highest BCUT2D eigenvalue weighted by Gasteiger charge is 2.16. The SMILES string of the molecule is CCCN(CC(=O)O)C(=O)CSCc1cc(=O)n2ccsc2n1. The topological polar surface area (TPSA) is 92.0 Å². The number of carboxylic acid groups (broad SMARTS) is 1. The van der Waals surface area contributed by atoms with Gasteiger partial charge in [0.1, 0.15) is 6.54 Å². The van der Waals surface area contributed by atoms with Gasteiger partial charge in [0.05, 0.1) is 11.4 Å². The third-order valence-corrected chi connectivity index (χ3v) is 4.71. The third-order valence-electron chi connectivity index (χ3n) is 3.00. The van der Waals surface area contributed by atoms with E-state index in [9.17, 15) is 14.4 Å². The molecule has 23 heavy (non-hydrogen) atoms. The third kappa shape index (κ3) is 4.80. The van der Waals surface area contributed by atoms with Gasteiger partial charge in [0.2, 0.25) is 5.91 Å². The van der Waals surface area contributed by atoms with Gasteiger partial charge in [0, 0.05) is 29.9 Å². The number of nitrogens with zero attached hydrogens (tertiary/aromatic N) is 3. The van der Waals surface area contributed by atoms with Gasteiger partial charge >= 0.3 is 5.97 Å². The van der Waals surface area contributed by atoms with Crippen molar-refractivity contribution < 1.29 is 14.7 Å². The van der Waals surface area contributed by atoms with Gasteiger partial charge in [0.15, 0.2) is 4.96 Å². The van der Waals surface area contributed by atoms with Gasteiger partial charge in [-0.05, 0) is 6.42 Å². The summed E-state index contributed by atoms with van der Waals surface area (Å²) in [5.74, 6) is -0.635. The van der Waals surface area contributed by atoms with Crippen LogP contribution in [0.2, 0.25) is 0 Å². The fraction of sp³-hybridized carbons (Fsp3) is 0.429. The fourth-order valence-corrected chi connectivity index (χ4v) is 3.58. The van der Waals surface area contributed by atoms with E-state index in [0.717, 1.165) is 0 Å². The van der Waals surface area contributed by atoms with Crippen LogP contribution >= 0.6 is 23.1 Å². The number of amides is 1. The molecule has 1 amide bonds. The van der Waals surface area contributed by atoms with Crippen molar-refractivity contribution in [2.24, 2.45) is 0 Å². The number of carbonyl (C=O) groups is 2. The summed E-state index contributed by atoms with van der Waals surface area (Å²) in [6, 6.07) is 1.46. The Kier molecular flexibility index (Phi) is 6.17. The molecule has 0 spiro atoms. The number of aliphatic carboxylic acids is 1. The predicted molar refractivity (Wildman–Crippen MR) is 90.0 cm³/mol. The highest BCUT2D eigenvalue weighted by molar-refractivity contribution is 7.99. The summed E-state index contributed by atoms with van der Waals surface area (Å²) in [5.41, 5.74) is 0.479. The largest absolute Gasteiger partial charge is 0.480 e. The first-order chi connectivity index (χ1) is 11.0. The van der Waals surface area contributed by atoms with Crippen LogP contribution in [0.4, 0.5) is 0 Å². The molecule has 0 saturated carbocycles. The van der Waals surface area contributed by atoms with Crippen molar-refractivity contribution in [2.75, 3.05) is 18.8 Å². The van der Waals surface area contributed by atoms with E-state index < -0.39 is 5.97 Å². The van der Waals surface area contributed by atoms with Crippen LogP contribution in [-0.4, -0.2) is 50.1 Å². The molecule has 0 saturated heterocycles. The number of carbonyl (C=O) groups excluding carboxylic acids is 1. The molecular weight excluding hydrogens is 338 g/mol. The van der Waals surface area contributed by atoms with Crippen LogP contribution in [0.1, 0.15) is 19.0 Å². The quantitative estimate of drug-likeness (QED) is 0.768. The Morgan fingerprint density at radius 1 is 1.48 bits per heavy atom. The second kappa shape index (κ2) is 8.11. The zero-order valence-corrected chi connectivity index (χ0v) is 14.2. The minimum absolute atomic E-state index is 0.142. The maximum absolute atomic E-state index is 12.1. The Labute approximate surface area is 141 Å². The van der Waals surface area contributed by atoms with Crippen molar-refractivity contribution in [2.45, 2.75) is 19.1 Å². The highest BCUT2D eigenvalue weighted by atomic mass is 32.2. The lowest BCUT2D eigenvalue weighted by atomic mass is 10.4. The van der Waals surface area contributed by atoms with Crippen molar-refractivity contribution in [1.29, 1.82) is 0 Å². The van der Waals surface area contributed by atoms with Crippen molar-refractivity contribution >= 4 is 39.9 Å². The molecule has 0 aliphatic heterocycles. The lowest BCUT2D eigenvalue weighted by Gasteiger charge is -2.19. The summed E-state index contributed by atoms with van der Waals surface area (Å²) in [5, 5.41) is 10.6. The Morgan fingerprint density at radius 3 is 2.96 bits per heavy atom. The zero-order valence-electron chi connectivity index (χ0n) is 12.6. The van der Waals surface area contributed by atoms with E-state index in [-0.39, 0.29) is 23.8 Å². The first-order valence-corrected chi connectivity index (χ1v) is 9.07. The molecule has 7 nitrogen and oxygen atoms in total. The number of fused-ring (bicyclic) bond motifs is 1. The second-order valence-electron chi connectivity index (χ2n) is 4.84. The molecule has 0 unspecified atom stereocenters. The average Bonchev–Trinajstić information content (AvgIpc) is 2.95. The number of rotatable bonds is 8. The van der Waals surface area contributed by atoms with Crippen LogP contribution in [0.3, 0.4) is 0 Å². The number of thioether (sulfide) groups is 1. The molecule has 0 fully saturated rings. The standard InChI is InChI=1S/C14H17N3O4S2/c1-2-3-16(7-13(20)21)12(19)9-22-8-10-6-11(18)17-4-5-23-14(17)15-10/h4-6H,2-3,7-9H2,1H3,(H,20,21). The molecule has 2 aromatic rings. The average molecular weight is 355 g/mol. The molecule has 2 aromatic heterocycles. The van der Waals surface area contributed by atoms with Crippen molar-refractivity contribution in [3.63, 3.8) is 0 Å². The van der Waals surface area contributed by atoms with Crippen LogP contribution in [0, 0.1) is 0 Å². The van der Waals surface area contributed by atoms with E-state index in [2.05, 4.69) is 4.98 Å². The van der Waals surface area contributed by atoms with Gasteiger partial charge in [-0.15, -0.1) is 23.1 Å². The predicted octanol–water partition coefficient (Wildman–Crippen LogP) is 1.31. The molecule has 0 aromatic carbocycles. The monoisotopic (exact) mass is 355 g/mol. The Hall–Kier alpha value is -1.87. The number of hydrogen-bond donors (Lipinski definition) is 1. The van der Waals surface area contributed by atoms with Gasteiger partial charge in [-0.2, -0.15) is 0 Å². The Balaban J connectivity index is 1.93. The van der Waals surface area contributed by atoms with Crippen LogP contribution < -0.4 is 5.56 Å².